The number of Topliss-reactive ketones (excluding diaryl/α,β-unsaturated/α-hetero) is 1. The first kappa shape index (κ1) is 18.5. The van der Waals surface area contributed by atoms with Gasteiger partial charge in [-0.25, -0.2) is 0 Å². The van der Waals surface area contributed by atoms with Gasteiger partial charge in [-0.05, 0) is 36.5 Å². The Morgan fingerprint density at radius 1 is 1.27 bits per heavy atom. The molecule has 1 rings (SSSR count). The fourth-order valence-corrected chi connectivity index (χ4v) is 2.38. The number of carboxylic acids is 1. The second-order valence-electron chi connectivity index (χ2n) is 5.55. The Bertz CT molecular complexity index is 538. The third-order valence-corrected chi connectivity index (χ3v) is 3.47. The third kappa shape index (κ3) is 5.34. The number of ketones is 1. The molecule has 0 spiro atoms. The molecule has 5 heteroatoms. The standard InChI is InChI=1S/C17H23ClO4/c1-4-8-22-17-13(11(2)3)9-12(18)10-14(17)15(19)6-5-7-16(20)21/h9-11H,4-8H2,1-3H3,(H,20,21). The van der Waals surface area contributed by atoms with Gasteiger partial charge in [0.1, 0.15) is 5.75 Å². The molecule has 22 heavy (non-hydrogen) atoms. The normalized spacial score (nSPS) is 10.8. The molecule has 0 radical (unpaired) electrons. The summed E-state index contributed by atoms with van der Waals surface area (Å²) in [5.41, 5.74) is 1.36. The maximum absolute atomic E-state index is 12.4. The summed E-state index contributed by atoms with van der Waals surface area (Å²) in [6, 6.07) is 3.44. The van der Waals surface area contributed by atoms with Crippen molar-refractivity contribution in [3.05, 3.63) is 28.3 Å². The minimum absolute atomic E-state index is 0.0194. The number of ether oxygens (including phenoxy) is 1. The van der Waals surface area contributed by atoms with E-state index in [0.717, 1.165) is 12.0 Å². The van der Waals surface area contributed by atoms with Crippen LogP contribution in [-0.2, 0) is 4.79 Å². The molecule has 1 aromatic carbocycles. The lowest BCUT2D eigenvalue weighted by atomic mass is 9.95. The van der Waals surface area contributed by atoms with Gasteiger partial charge in [-0.15, -0.1) is 0 Å². The number of hydrogen-bond donors (Lipinski definition) is 1. The quantitative estimate of drug-likeness (QED) is 0.669. The predicted octanol–water partition coefficient (Wildman–Crippen LogP) is 4.69. The van der Waals surface area contributed by atoms with Crippen LogP contribution in [0.25, 0.3) is 0 Å². The molecular weight excluding hydrogens is 304 g/mol. The number of carbonyl (C=O) groups is 2. The van der Waals surface area contributed by atoms with Crippen LogP contribution in [0.3, 0.4) is 0 Å². The van der Waals surface area contributed by atoms with E-state index in [1.807, 2.05) is 26.8 Å². The monoisotopic (exact) mass is 326 g/mol. The van der Waals surface area contributed by atoms with E-state index in [1.54, 1.807) is 6.07 Å². The lowest BCUT2D eigenvalue weighted by Crippen LogP contribution is -2.09. The molecule has 1 N–H and O–H groups in total. The molecule has 122 valence electrons. The van der Waals surface area contributed by atoms with Gasteiger partial charge < -0.3 is 9.84 Å². The molecule has 1 aromatic rings. The van der Waals surface area contributed by atoms with Crippen molar-refractivity contribution in [3.8, 4) is 5.75 Å². The Kier molecular flexibility index (Phi) is 7.39. The fraction of sp³-hybridized carbons (Fsp3) is 0.529. The van der Waals surface area contributed by atoms with Crippen LogP contribution in [0.2, 0.25) is 5.02 Å². The highest BCUT2D eigenvalue weighted by Gasteiger charge is 2.19. The minimum atomic E-state index is -0.899. The first-order valence-corrected chi connectivity index (χ1v) is 7.95. The van der Waals surface area contributed by atoms with Crippen LogP contribution in [0, 0.1) is 0 Å². The van der Waals surface area contributed by atoms with E-state index in [9.17, 15) is 9.59 Å². The summed E-state index contributed by atoms with van der Waals surface area (Å²) >= 11 is 6.13. The Labute approximate surface area is 136 Å². The average molecular weight is 327 g/mol. The van der Waals surface area contributed by atoms with Crippen molar-refractivity contribution in [2.75, 3.05) is 6.61 Å². The number of carboxylic acid groups (broad SMARTS) is 1. The van der Waals surface area contributed by atoms with Crippen molar-refractivity contribution in [1.82, 2.24) is 0 Å². The molecule has 0 aliphatic carbocycles. The molecule has 0 aliphatic heterocycles. The predicted molar refractivity (Wildman–Crippen MR) is 87.1 cm³/mol. The topological polar surface area (TPSA) is 63.6 Å². The van der Waals surface area contributed by atoms with Gasteiger partial charge in [0.25, 0.3) is 0 Å². The van der Waals surface area contributed by atoms with Gasteiger partial charge in [-0.3, -0.25) is 9.59 Å². The summed E-state index contributed by atoms with van der Waals surface area (Å²) in [7, 11) is 0. The zero-order valence-corrected chi connectivity index (χ0v) is 14.1. The van der Waals surface area contributed by atoms with E-state index in [1.165, 1.54) is 0 Å². The smallest absolute Gasteiger partial charge is 0.303 e. The van der Waals surface area contributed by atoms with Crippen molar-refractivity contribution < 1.29 is 19.4 Å². The number of benzene rings is 1. The van der Waals surface area contributed by atoms with E-state index in [2.05, 4.69) is 0 Å². The number of rotatable bonds is 9. The highest BCUT2D eigenvalue weighted by Crippen LogP contribution is 2.34. The van der Waals surface area contributed by atoms with Crippen molar-refractivity contribution in [3.63, 3.8) is 0 Å². The molecule has 0 fully saturated rings. The summed E-state index contributed by atoms with van der Waals surface area (Å²) in [6.45, 7) is 6.56. The van der Waals surface area contributed by atoms with Crippen molar-refractivity contribution >= 4 is 23.4 Å². The third-order valence-electron chi connectivity index (χ3n) is 3.25. The highest BCUT2D eigenvalue weighted by molar-refractivity contribution is 6.31. The zero-order chi connectivity index (χ0) is 16.7. The van der Waals surface area contributed by atoms with Gasteiger partial charge in [-0.2, -0.15) is 0 Å². The number of carbonyl (C=O) groups excluding carboxylic acids is 1. The number of hydrogen-bond acceptors (Lipinski definition) is 3. The maximum atomic E-state index is 12.4. The summed E-state index contributed by atoms with van der Waals surface area (Å²) < 4.78 is 5.79. The SMILES string of the molecule is CCCOc1c(C(=O)CCCC(=O)O)cc(Cl)cc1C(C)C. The minimum Gasteiger partial charge on any atom is -0.493 e. The first-order valence-electron chi connectivity index (χ1n) is 7.58. The van der Waals surface area contributed by atoms with Crippen molar-refractivity contribution in [2.24, 2.45) is 0 Å². The highest BCUT2D eigenvalue weighted by atomic mass is 35.5. The second-order valence-corrected chi connectivity index (χ2v) is 5.98. The van der Waals surface area contributed by atoms with Crippen LogP contribution < -0.4 is 4.74 Å². The lowest BCUT2D eigenvalue weighted by Gasteiger charge is -2.18. The van der Waals surface area contributed by atoms with E-state index < -0.39 is 5.97 Å². The zero-order valence-electron chi connectivity index (χ0n) is 13.3. The summed E-state index contributed by atoms with van der Waals surface area (Å²) in [5.74, 6) is -0.265. The van der Waals surface area contributed by atoms with Crippen molar-refractivity contribution in [1.29, 1.82) is 0 Å². The average Bonchev–Trinajstić information content (AvgIpc) is 2.44. The van der Waals surface area contributed by atoms with Gasteiger partial charge in [0.05, 0.1) is 12.2 Å². The van der Waals surface area contributed by atoms with Crippen LogP contribution in [-0.4, -0.2) is 23.5 Å². The molecule has 0 saturated heterocycles. The molecule has 0 aromatic heterocycles. The van der Waals surface area contributed by atoms with Gasteiger partial charge in [0, 0.05) is 17.9 Å². The summed E-state index contributed by atoms with van der Waals surface area (Å²) in [6.07, 6.45) is 1.30. The molecule has 0 aliphatic rings. The largest absolute Gasteiger partial charge is 0.493 e. The van der Waals surface area contributed by atoms with Gasteiger partial charge in [0.2, 0.25) is 0 Å². The van der Waals surface area contributed by atoms with Gasteiger partial charge in [-0.1, -0.05) is 32.4 Å². The molecule has 0 atom stereocenters. The molecular formula is C17H23ClO4. The summed E-state index contributed by atoms with van der Waals surface area (Å²) in [4.78, 5) is 23.0. The van der Waals surface area contributed by atoms with Gasteiger partial charge in [0.15, 0.2) is 5.78 Å². The molecule has 0 heterocycles. The van der Waals surface area contributed by atoms with Crippen molar-refractivity contribution in [2.45, 2.75) is 52.4 Å². The molecule has 0 bridgehead atoms. The Morgan fingerprint density at radius 2 is 1.95 bits per heavy atom. The van der Waals surface area contributed by atoms with E-state index in [0.29, 0.717) is 29.4 Å². The molecule has 0 saturated carbocycles. The number of halogens is 1. The van der Waals surface area contributed by atoms with E-state index >= 15 is 0 Å². The van der Waals surface area contributed by atoms with Crippen LogP contribution in [0.1, 0.15) is 68.3 Å². The lowest BCUT2D eigenvalue weighted by molar-refractivity contribution is -0.137. The van der Waals surface area contributed by atoms with Crippen LogP contribution in [0.5, 0.6) is 5.75 Å². The Hall–Kier alpha value is -1.55. The maximum Gasteiger partial charge on any atom is 0.303 e. The fourth-order valence-electron chi connectivity index (χ4n) is 2.15. The molecule has 0 unspecified atom stereocenters. The van der Waals surface area contributed by atoms with Crippen LogP contribution in [0.4, 0.5) is 0 Å². The van der Waals surface area contributed by atoms with Crippen LogP contribution >= 0.6 is 11.6 Å². The van der Waals surface area contributed by atoms with Crippen LogP contribution in [0.15, 0.2) is 12.1 Å². The van der Waals surface area contributed by atoms with Gasteiger partial charge >= 0.3 is 5.97 Å². The Balaban J connectivity index is 3.08. The number of aliphatic carboxylic acids is 1. The first-order chi connectivity index (χ1) is 10.4. The van der Waals surface area contributed by atoms with E-state index in [4.69, 9.17) is 21.4 Å². The Morgan fingerprint density at radius 3 is 2.50 bits per heavy atom. The second kappa shape index (κ2) is 8.79. The van der Waals surface area contributed by atoms with E-state index in [-0.39, 0.29) is 24.5 Å². The summed E-state index contributed by atoms with van der Waals surface area (Å²) in [5, 5.41) is 9.17. The molecule has 0 amide bonds. The molecule has 4 nitrogen and oxygen atoms in total.